The SMILES string of the molecule is CCc1nc(Cl)cc(=O)n1Cc1nc(C2CC2)no1. The molecule has 0 aromatic carbocycles. The Morgan fingerprint density at radius 1 is 1.47 bits per heavy atom. The van der Waals surface area contributed by atoms with Crippen LogP contribution >= 0.6 is 11.6 Å². The summed E-state index contributed by atoms with van der Waals surface area (Å²) in [5, 5.41) is 4.14. The maximum Gasteiger partial charge on any atom is 0.255 e. The summed E-state index contributed by atoms with van der Waals surface area (Å²) in [7, 11) is 0. The van der Waals surface area contributed by atoms with Gasteiger partial charge in [-0.1, -0.05) is 23.7 Å². The fraction of sp³-hybridized carbons (Fsp3) is 0.500. The average Bonchev–Trinajstić information content (AvgIpc) is 3.13. The second-order valence-corrected chi connectivity index (χ2v) is 4.98. The highest BCUT2D eigenvalue weighted by Gasteiger charge is 2.28. The molecule has 0 N–H and O–H groups in total. The molecule has 3 rings (SSSR count). The second-order valence-electron chi connectivity index (χ2n) is 4.59. The molecule has 0 unspecified atom stereocenters. The number of aromatic nitrogens is 4. The van der Waals surface area contributed by atoms with Crippen molar-refractivity contribution in [1.82, 2.24) is 19.7 Å². The topological polar surface area (TPSA) is 73.8 Å². The number of aryl methyl sites for hydroxylation is 1. The Labute approximate surface area is 114 Å². The zero-order valence-corrected chi connectivity index (χ0v) is 11.2. The van der Waals surface area contributed by atoms with Crippen LogP contribution in [0, 0.1) is 0 Å². The monoisotopic (exact) mass is 280 g/mol. The number of nitrogens with zero attached hydrogens (tertiary/aromatic N) is 4. The Bertz CT molecular complexity index is 660. The van der Waals surface area contributed by atoms with Gasteiger partial charge in [0.05, 0.1) is 0 Å². The summed E-state index contributed by atoms with van der Waals surface area (Å²) in [6.07, 6.45) is 2.84. The molecule has 1 saturated carbocycles. The van der Waals surface area contributed by atoms with Crippen molar-refractivity contribution in [3.05, 3.63) is 39.1 Å². The van der Waals surface area contributed by atoms with Gasteiger partial charge in [-0.25, -0.2) is 4.98 Å². The lowest BCUT2D eigenvalue weighted by atomic mass is 10.4. The van der Waals surface area contributed by atoms with E-state index >= 15 is 0 Å². The molecular formula is C12H13ClN4O2. The summed E-state index contributed by atoms with van der Waals surface area (Å²) in [4.78, 5) is 20.4. The smallest absolute Gasteiger partial charge is 0.255 e. The van der Waals surface area contributed by atoms with Crippen LogP contribution in [0.4, 0.5) is 0 Å². The summed E-state index contributed by atoms with van der Waals surface area (Å²) < 4.78 is 6.68. The molecule has 19 heavy (non-hydrogen) atoms. The molecule has 0 amide bonds. The third-order valence-electron chi connectivity index (χ3n) is 3.09. The van der Waals surface area contributed by atoms with Gasteiger partial charge in [-0.3, -0.25) is 9.36 Å². The van der Waals surface area contributed by atoms with Crippen molar-refractivity contribution in [2.45, 2.75) is 38.6 Å². The molecule has 1 fully saturated rings. The molecule has 1 aliphatic rings. The minimum Gasteiger partial charge on any atom is -0.337 e. The molecule has 0 aliphatic heterocycles. The maximum atomic E-state index is 11.9. The molecule has 0 atom stereocenters. The Kier molecular flexibility index (Phi) is 3.10. The predicted octanol–water partition coefficient (Wildman–Crippen LogP) is 1.77. The molecule has 0 spiro atoms. The van der Waals surface area contributed by atoms with Gasteiger partial charge in [0, 0.05) is 18.4 Å². The van der Waals surface area contributed by atoms with Gasteiger partial charge in [-0.05, 0) is 12.8 Å². The summed E-state index contributed by atoms with van der Waals surface area (Å²) in [5.41, 5.74) is -0.206. The van der Waals surface area contributed by atoms with E-state index in [1.54, 1.807) is 0 Å². The number of hydrogen-bond donors (Lipinski definition) is 0. The predicted molar refractivity (Wildman–Crippen MR) is 68.3 cm³/mol. The highest BCUT2D eigenvalue weighted by molar-refractivity contribution is 6.29. The van der Waals surface area contributed by atoms with Crippen molar-refractivity contribution >= 4 is 11.6 Å². The van der Waals surface area contributed by atoms with Crippen LogP contribution in [-0.4, -0.2) is 19.7 Å². The van der Waals surface area contributed by atoms with E-state index in [4.69, 9.17) is 16.1 Å². The molecule has 2 heterocycles. The molecular weight excluding hydrogens is 268 g/mol. The highest BCUT2D eigenvalue weighted by atomic mass is 35.5. The fourth-order valence-corrected chi connectivity index (χ4v) is 2.13. The molecule has 7 heteroatoms. The summed E-state index contributed by atoms with van der Waals surface area (Å²) in [6, 6.07) is 1.29. The fourth-order valence-electron chi connectivity index (χ4n) is 1.94. The summed E-state index contributed by atoms with van der Waals surface area (Å²) in [5.74, 6) is 2.22. The highest BCUT2D eigenvalue weighted by Crippen LogP contribution is 2.38. The lowest BCUT2D eigenvalue weighted by Gasteiger charge is -2.07. The van der Waals surface area contributed by atoms with E-state index in [0.717, 1.165) is 18.7 Å². The average molecular weight is 281 g/mol. The largest absolute Gasteiger partial charge is 0.337 e. The van der Waals surface area contributed by atoms with Gasteiger partial charge in [0.1, 0.15) is 17.5 Å². The van der Waals surface area contributed by atoms with E-state index in [0.29, 0.717) is 24.1 Å². The molecule has 2 aromatic heterocycles. The van der Waals surface area contributed by atoms with Gasteiger partial charge in [0.15, 0.2) is 5.82 Å². The molecule has 2 aromatic rings. The summed E-state index contributed by atoms with van der Waals surface area (Å²) in [6.45, 7) is 2.16. The van der Waals surface area contributed by atoms with Gasteiger partial charge in [0.25, 0.3) is 5.56 Å². The van der Waals surface area contributed by atoms with Crippen molar-refractivity contribution in [2.75, 3.05) is 0 Å². The Balaban J connectivity index is 1.91. The van der Waals surface area contributed by atoms with Crippen LogP contribution in [0.5, 0.6) is 0 Å². The normalized spacial score (nSPS) is 14.8. The van der Waals surface area contributed by atoms with E-state index in [1.807, 2.05) is 6.92 Å². The number of hydrogen-bond acceptors (Lipinski definition) is 5. The van der Waals surface area contributed by atoms with Crippen LogP contribution in [0.2, 0.25) is 5.15 Å². The number of halogens is 1. The minimum absolute atomic E-state index is 0.206. The lowest BCUT2D eigenvalue weighted by Crippen LogP contribution is -2.24. The van der Waals surface area contributed by atoms with Crippen LogP contribution < -0.4 is 5.56 Å². The van der Waals surface area contributed by atoms with Crippen LogP contribution in [0.15, 0.2) is 15.4 Å². The third kappa shape index (κ3) is 2.53. The molecule has 1 aliphatic carbocycles. The van der Waals surface area contributed by atoms with Crippen molar-refractivity contribution < 1.29 is 4.52 Å². The van der Waals surface area contributed by atoms with Crippen molar-refractivity contribution in [1.29, 1.82) is 0 Å². The first-order valence-corrected chi connectivity index (χ1v) is 6.64. The summed E-state index contributed by atoms with van der Waals surface area (Å²) >= 11 is 5.78. The molecule has 0 bridgehead atoms. The Hall–Kier alpha value is -1.69. The third-order valence-corrected chi connectivity index (χ3v) is 3.29. The van der Waals surface area contributed by atoms with Gasteiger partial charge in [-0.2, -0.15) is 4.98 Å². The second kappa shape index (κ2) is 4.77. The van der Waals surface area contributed by atoms with E-state index in [-0.39, 0.29) is 17.3 Å². The van der Waals surface area contributed by atoms with Crippen molar-refractivity contribution in [2.24, 2.45) is 0 Å². The van der Waals surface area contributed by atoms with Gasteiger partial charge < -0.3 is 4.52 Å². The van der Waals surface area contributed by atoms with Crippen LogP contribution in [0.3, 0.4) is 0 Å². The molecule has 6 nitrogen and oxygen atoms in total. The first-order valence-electron chi connectivity index (χ1n) is 6.26. The number of rotatable bonds is 4. The van der Waals surface area contributed by atoms with Crippen molar-refractivity contribution in [3.63, 3.8) is 0 Å². The quantitative estimate of drug-likeness (QED) is 0.798. The van der Waals surface area contributed by atoms with Crippen LogP contribution in [0.25, 0.3) is 0 Å². The van der Waals surface area contributed by atoms with Gasteiger partial charge in [0.2, 0.25) is 5.89 Å². The Morgan fingerprint density at radius 3 is 2.95 bits per heavy atom. The molecule has 100 valence electrons. The van der Waals surface area contributed by atoms with Crippen LogP contribution in [0.1, 0.15) is 43.2 Å². The molecule has 0 radical (unpaired) electrons. The molecule has 0 saturated heterocycles. The van der Waals surface area contributed by atoms with Gasteiger partial charge >= 0.3 is 0 Å². The first-order chi connectivity index (χ1) is 9.17. The lowest BCUT2D eigenvalue weighted by molar-refractivity contribution is 0.362. The Morgan fingerprint density at radius 2 is 2.26 bits per heavy atom. The maximum absolute atomic E-state index is 11.9. The van der Waals surface area contributed by atoms with E-state index < -0.39 is 0 Å². The van der Waals surface area contributed by atoms with E-state index in [2.05, 4.69) is 15.1 Å². The zero-order chi connectivity index (χ0) is 13.4. The first kappa shape index (κ1) is 12.3. The minimum atomic E-state index is -0.206. The van der Waals surface area contributed by atoms with Gasteiger partial charge in [-0.15, -0.1) is 0 Å². The van der Waals surface area contributed by atoms with E-state index in [1.165, 1.54) is 10.6 Å². The standard InChI is InChI=1S/C12H13ClN4O2/c1-2-9-14-8(13)5-11(18)17(9)6-10-15-12(16-19-10)7-3-4-7/h5,7H,2-4,6H2,1H3. The van der Waals surface area contributed by atoms with Crippen molar-refractivity contribution in [3.8, 4) is 0 Å². The van der Waals surface area contributed by atoms with E-state index in [9.17, 15) is 4.79 Å². The zero-order valence-electron chi connectivity index (χ0n) is 10.5. The van der Waals surface area contributed by atoms with Crippen LogP contribution in [-0.2, 0) is 13.0 Å².